The van der Waals surface area contributed by atoms with Gasteiger partial charge >= 0.3 is 0 Å². The van der Waals surface area contributed by atoms with Crippen molar-refractivity contribution >= 4 is 27.5 Å². The molecule has 0 aliphatic heterocycles. The summed E-state index contributed by atoms with van der Waals surface area (Å²) in [7, 11) is 1.76. The first-order valence-electron chi connectivity index (χ1n) is 6.03. The van der Waals surface area contributed by atoms with Gasteiger partial charge in [0.2, 0.25) is 0 Å². The largest absolute Gasteiger partial charge is 0.444 e. The first-order valence-corrected chi connectivity index (χ1v) is 6.82. The molecule has 21 heavy (non-hydrogen) atoms. The lowest BCUT2D eigenvalue weighted by molar-refractivity contribution is 0.0995. The molecule has 2 heterocycles. The highest BCUT2D eigenvalue weighted by Gasteiger charge is 2.11. The lowest BCUT2D eigenvalue weighted by Crippen LogP contribution is -2.10. The number of amides is 1. The van der Waals surface area contributed by atoms with E-state index < -0.39 is 0 Å². The lowest BCUT2D eigenvalue weighted by Gasteiger charge is -2.04. The topological polar surface area (TPSA) is 85.8 Å². The summed E-state index contributed by atoms with van der Waals surface area (Å²) in [5.41, 5.74) is 1.52. The van der Waals surface area contributed by atoms with E-state index in [1.54, 1.807) is 36.0 Å². The molecule has 0 aliphatic carbocycles. The first kappa shape index (κ1) is 13.5. The number of tetrazole rings is 1. The number of rotatable bonds is 3. The molecule has 1 N–H and O–H groups in total. The van der Waals surface area contributed by atoms with Crippen LogP contribution in [0.2, 0.25) is 0 Å². The summed E-state index contributed by atoms with van der Waals surface area (Å²) in [6.07, 6.45) is 0. The average molecular weight is 348 g/mol. The highest BCUT2D eigenvalue weighted by Crippen LogP contribution is 2.19. The Balaban J connectivity index is 1.76. The monoisotopic (exact) mass is 347 g/mol. The number of anilines is 1. The number of halogens is 1. The SMILES string of the molecule is Cn1nnnc1-c1ccc(NC(=O)c2ccc(Br)o2)cc1. The summed E-state index contributed by atoms with van der Waals surface area (Å²) in [5, 5.41) is 14.0. The fourth-order valence-electron chi connectivity index (χ4n) is 1.81. The first-order chi connectivity index (χ1) is 10.1. The smallest absolute Gasteiger partial charge is 0.291 e. The molecule has 0 aliphatic rings. The third-order valence-electron chi connectivity index (χ3n) is 2.82. The lowest BCUT2D eigenvalue weighted by atomic mass is 10.2. The molecule has 0 atom stereocenters. The van der Waals surface area contributed by atoms with Crippen molar-refractivity contribution in [2.45, 2.75) is 0 Å². The van der Waals surface area contributed by atoms with Crippen molar-refractivity contribution in [3.8, 4) is 11.4 Å². The number of furan rings is 1. The average Bonchev–Trinajstić information content (AvgIpc) is 3.08. The number of aromatic nitrogens is 4. The van der Waals surface area contributed by atoms with Crippen LogP contribution in [-0.2, 0) is 7.05 Å². The second kappa shape index (κ2) is 5.49. The van der Waals surface area contributed by atoms with Crippen molar-refractivity contribution in [3.05, 3.63) is 46.8 Å². The molecule has 3 aromatic rings. The summed E-state index contributed by atoms with van der Waals surface area (Å²) in [4.78, 5) is 11.9. The molecule has 7 nitrogen and oxygen atoms in total. The van der Waals surface area contributed by atoms with Crippen LogP contribution in [0.4, 0.5) is 5.69 Å². The van der Waals surface area contributed by atoms with Crippen molar-refractivity contribution in [1.29, 1.82) is 0 Å². The second-order valence-electron chi connectivity index (χ2n) is 4.26. The normalized spacial score (nSPS) is 10.6. The van der Waals surface area contributed by atoms with Gasteiger partial charge < -0.3 is 9.73 Å². The van der Waals surface area contributed by atoms with Crippen LogP contribution in [0.15, 0.2) is 45.5 Å². The minimum Gasteiger partial charge on any atom is -0.444 e. The van der Waals surface area contributed by atoms with Crippen LogP contribution < -0.4 is 5.32 Å². The van der Waals surface area contributed by atoms with Gasteiger partial charge in [-0.2, -0.15) is 0 Å². The molecule has 0 fully saturated rings. The van der Waals surface area contributed by atoms with Gasteiger partial charge in [0, 0.05) is 18.3 Å². The van der Waals surface area contributed by atoms with E-state index in [1.807, 2.05) is 12.1 Å². The molecular formula is C13H10BrN5O2. The van der Waals surface area contributed by atoms with Crippen molar-refractivity contribution in [3.63, 3.8) is 0 Å². The fourth-order valence-corrected chi connectivity index (χ4v) is 2.11. The van der Waals surface area contributed by atoms with Crippen molar-refractivity contribution < 1.29 is 9.21 Å². The molecule has 0 unspecified atom stereocenters. The zero-order chi connectivity index (χ0) is 14.8. The summed E-state index contributed by atoms with van der Waals surface area (Å²) in [5.74, 6) is 0.583. The Bertz CT molecular complexity index is 778. The van der Waals surface area contributed by atoms with Crippen LogP contribution in [0.5, 0.6) is 0 Å². The van der Waals surface area contributed by atoms with Gasteiger partial charge in [-0.1, -0.05) is 0 Å². The maximum absolute atomic E-state index is 11.9. The van der Waals surface area contributed by atoms with Gasteiger partial charge in [-0.25, -0.2) is 4.68 Å². The van der Waals surface area contributed by atoms with Crippen LogP contribution in [0.1, 0.15) is 10.6 Å². The molecule has 1 aromatic carbocycles. The van der Waals surface area contributed by atoms with E-state index in [1.165, 1.54) is 0 Å². The second-order valence-corrected chi connectivity index (χ2v) is 5.04. The van der Waals surface area contributed by atoms with E-state index in [4.69, 9.17) is 4.42 Å². The number of aryl methyl sites for hydroxylation is 1. The van der Waals surface area contributed by atoms with E-state index in [0.29, 0.717) is 16.2 Å². The summed E-state index contributed by atoms with van der Waals surface area (Å²) >= 11 is 3.16. The Morgan fingerprint density at radius 3 is 2.57 bits per heavy atom. The van der Waals surface area contributed by atoms with Crippen LogP contribution in [0.25, 0.3) is 11.4 Å². The molecular weight excluding hydrogens is 338 g/mol. The van der Waals surface area contributed by atoms with Crippen LogP contribution in [0.3, 0.4) is 0 Å². The quantitative estimate of drug-likeness (QED) is 0.786. The Morgan fingerprint density at radius 1 is 1.24 bits per heavy atom. The number of benzene rings is 1. The van der Waals surface area contributed by atoms with Gasteiger partial charge in [0.05, 0.1) is 0 Å². The minimum atomic E-state index is -0.311. The summed E-state index contributed by atoms with van der Waals surface area (Å²) < 4.78 is 7.28. The van der Waals surface area contributed by atoms with Gasteiger partial charge in [0.25, 0.3) is 5.91 Å². The zero-order valence-electron chi connectivity index (χ0n) is 10.9. The number of hydrogen-bond acceptors (Lipinski definition) is 5. The Hall–Kier alpha value is -2.48. The molecule has 0 saturated carbocycles. The Morgan fingerprint density at radius 2 is 2.00 bits per heavy atom. The molecule has 8 heteroatoms. The van der Waals surface area contributed by atoms with E-state index in [9.17, 15) is 4.79 Å². The van der Waals surface area contributed by atoms with Gasteiger partial charge in [-0.3, -0.25) is 4.79 Å². The van der Waals surface area contributed by atoms with Crippen molar-refractivity contribution in [1.82, 2.24) is 20.2 Å². The molecule has 0 saturated heterocycles. The van der Waals surface area contributed by atoms with Gasteiger partial charge in [-0.05, 0) is 62.8 Å². The van der Waals surface area contributed by atoms with E-state index in [0.717, 1.165) is 5.56 Å². The maximum atomic E-state index is 11.9. The summed E-state index contributed by atoms with van der Waals surface area (Å²) in [6, 6.07) is 10.5. The number of carbonyl (C=O) groups is 1. The van der Waals surface area contributed by atoms with Gasteiger partial charge in [0.1, 0.15) is 0 Å². The zero-order valence-corrected chi connectivity index (χ0v) is 12.5. The molecule has 1 amide bonds. The molecule has 106 valence electrons. The van der Waals surface area contributed by atoms with Gasteiger partial charge in [-0.15, -0.1) is 5.10 Å². The molecule has 3 rings (SSSR count). The fraction of sp³-hybridized carbons (Fsp3) is 0.0769. The maximum Gasteiger partial charge on any atom is 0.291 e. The standard InChI is InChI=1S/C13H10BrN5O2/c1-19-12(16-17-18-19)8-2-4-9(5-3-8)15-13(20)10-6-7-11(14)21-10/h2-7H,1H3,(H,15,20). The Labute approximate surface area is 128 Å². The number of carbonyl (C=O) groups excluding carboxylic acids is 1. The highest BCUT2D eigenvalue weighted by atomic mass is 79.9. The van der Waals surface area contributed by atoms with E-state index in [-0.39, 0.29) is 11.7 Å². The minimum absolute atomic E-state index is 0.239. The number of nitrogens with one attached hydrogen (secondary N) is 1. The summed E-state index contributed by atoms with van der Waals surface area (Å²) in [6.45, 7) is 0. The highest BCUT2D eigenvalue weighted by molar-refractivity contribution is 9.10. The predicted molar refractivity (Wildman–Crippen MR) is 78.6 cm³/mol. The van der Waals surface area contributed by atoms with E-state index >= 15 is 0 Å². The molecule has 0 radical (unpaired) electrons. The third kappa shape index (κ3) is 2.84. The molecule has 0 bridgehead atoms. The number of nitrogens with zero attached hydrogens (tertiary/aromatic N) is 4. The number of hydrogen-bond donors (Lipinski definition) is 1. The van der Waals surface area contributed by atoms with Crippen LogP contribution in [-0.4, -0.2) is 26.1 Å². The molecule has 0 spiro atoms. The predicted octanol–water partition coefficient (Wildman–Crippen LogP) is 2.48. The van der Waals surface area contributed by atoms with Crippen LogP contribution in [0, 0.1) is 0 Å². The van der Waals surface area contributed by atoms with Crippen LogP contribution >= 0.6 is 15.9 Å². The third-order valence-corrected chi connectivity index (χ3v) is 3.24. The Kier molecular flexibility index (Phi) is 3.53. The van der Waals surface area contributed by atoms with Crippen molar-refractivity contribution in [2.75, 3.05) is 5.32 Å². The van der Waals surface area contributed by atoms with Gasteiger partial charge in [0.15, 0.2) is 16.3 Å². The molecule has 2 aromatic heterocycles. The van der Waals surface area contributed by atoms with Crippen molar-refractivity contribution in [2.24, 2.45) is 7.05 Å². The van der Waals surface area contributed by atoms with E-state index in [2.05, 4.69) is 36.8 Å².